The zero-order valence-electron chi connectivity index (χ0n) is 15.1. The highest BCUT2D eigenvalue weighted by Crippen LogP contribution is 2.30. The average Bonchev–Trinajstić information content (AvgIpc) is 3.19. The molecule has 0 aliphatic rings. The van der Waals surface area contributed by atoms with Crippen LogP contribution in [0.2, 0.25) is 5.02 Å². The van der Waals surface area contributed by atoms with Crippen LogP contribution < -0.4 is 5.32 Å². The molecule has 0 saturated heterocycles. The summed E-state index contributed by atoms with van der Waals surface area (Å²) in [5, 5.41) is 11.9. The van der Waals surface area contributed by atoms with Crippen molar-refractivity contribution in [2.45, 2.75) is 25.3 Å². The number of fused-ring (bicyclic) bond motifs is 3. The summed E-state index contributed by atoms with van der Waals surface area (Å²) in [7, 11) is 0. The zero-order chi connectivity index (χ0) is 19.8. The van der Waals surface area contributed by atoms with Crippen LogP contribution in [-0.2, 0) is 11.2 Å². The predicted octanol–water partition coefficient (Wildman–Crippen LogP) is 4.87. The van der Waals surface area contributed by atoms with E-state index in [9.17, 15) is 9.18 Å². The van der Waals surface area contributed by atoms with Crippen LogP contribution in [0.4, 0.5) is 10.1 Å². The number of aryl methyl sites for hydroxylation is 2. The van der Waals surface area contributed by atoms with Gasteiger partial charge in [-0.1, -0.05) is 30.3 Å². The van der Waals surface area contributed by atoms with Crippen LogP contribution in [0.15, 0.2) is 39.8 Å². The van der Waals surface area contributed by atoms with Gasteiger partial charge < -0.3 is 9.73 Å². The SMILES string of the molecule is CCc1nnc(SCC(=O)Nc2ccc(F)c(Cl)c2)c2cc3oc(C)cc3n12. The van der Waals surface area contributed by atoms with E-state index in [4.69, 9.17) is 16.0 Å². The van der Waals surface area contributed by atoms with Crippen molar-refractivity contribution in [1.29, 1.82) is 0 Å². The summed E-state index contributed by atoms with van der Waals surface area (Å²) in [6, 6.07) is 7.92. The smallest absolute Gasteiger partial charge is 0.234 e. The van der Waals surface area contributed by atoms with E-state index in [2.05, 4.69) is 15.5 Å². The summed E-state index contributed by atoms with van der Waals surface area (Å²) in [6.07, 6.45) is 0.717. The molecule has 0 bridgehead atoms. The Hall–Kier alpha value is -2.58. The summed E-state index contributed by atoms with van der Waals surface area (Å²) in [4.78, 5) is 12.3. The zero-order valence-corrected chi connectivity index (χ0v) is 16.7. The van der Waals surface area contributed by atoms with Crippen molar-refractivity contribution in [3.05, 3.63) is 52.8 Å². The summed E-state index contributed by atoms with van der Waals surface area (Å²) in [5.41, 5.74) is 2.98. The number of carbonyl (C=O) groups is 1. The van der Waals surface area contributed by atoms with Gasteiger partial charge in [-0.15, -0.1) is 10.2 Å². The molecular formula is C19H16ClFN4O2S. The van der Waals surface area contributed by atoms with E-state index in [0.29, 0.717) is 17.1 Å². The fourth-order valence-corrected chi connectivity index (χ4v) is 3.90. The van der Waals surface area contributed by atoms with Crippen LogP contribution in [-0.4, -0.2) is 26.3 Å². The summed E-state index contributed by atoms with van der Waals surface area (Å²) < 4.78 is 21.0. The second kappa shape index (κ2) is 7.44. The second-order valence-corrected chi connectivity index (χ2v) is 7.58. The molecule has 1 aromatic carbocycles. The monoisotopic (exact) mass is 418 g/mol. The molecule has 9 heteroatoms. The molecule has 0 saturated carbocycles. The Morgan fingerprint density at radius 2 is 2.11 bits per heavy atom. The molecule has 0 fully saturated rings. The van der Waals surface area contributed by atoms with Crippen LogP contribution in [0.5, 0.6) is 0 Å². The van der Waals surface area contributed by atoms with Crippen molar-refractivity contribution >= 4 is 51.6 Å². The number of thioether (sulfide) groups is 1. The Balaban J connectivity index is 1.57. The van der Waals surface area contributed by atoms with Gasteiger partial charge in [-0.05, 0) is 25.1 Å². The van der Waals surface area contributed by atoms with Gasteiger partial charge in [0.15, 0.2) is 5.58 Å². The molecule has 4 rings (SSSR count). The van der Waals surface area contributed by atoms with Crippen molar-refractivity contribution in [3.8, 4) is 0 Å². The third-order valence-corrected chi connectivity index (χ3v) is 5.47. The lowest BCUT2D eigenvalue weighted by Gasteiger charge is -2.08. The quantitative estimate of drug-likeness (QED) is 0.468. The molecule has 0 aliphatic heterocycles. The molecule has 0 aliphatic carbocycles. The number of amides is 1. The van der Waals surface area contributed by atoms with E-state index in [1.807, 2.05) is 30.4 Å². The van der Waals surface area contributed by atoms with Crippen LogP contribution in [0.25, 0.3) is 16.6 Å². The van der Waals surface area contributed by atoms with E-state index >= 15 is 0 Å². The molecule has 6 nitrogen and oxygen atoms in total. The summed E-state index contributed by atoms with van der Waals surface area (Å²) >= 11 is 7.01. The number of furan rings is 1. The fraction of sp³-hybridized carbons (Fsp3) is 0.211. The van der Waals surface area contributed by atoms with Crippen LogP contribution in [0.3, 0.4) is 0 Å². The number of nitrogens with zero attached hydrogens (tertiary/aromatic N) is 3. The third-order valence-electron chi connectivity index (χ3n) is 4.21. The second-order valence-electron chi connectivity index (χ2n) is 6.21. The molecule has 0 spiro atoms. The van der Waals surface area contributed by atoms with Crippen molar-refractivity contribution in [2.75, 3.05) is 11.1 Å². The molecule has 1 amide bonds. The Morgan fingerprint density at radius 3 is 2.86 bits per heavy atom. The van der Waals surface area contributed by atoms with Crippen LogP contribution in [0.1, 0.15) is 18.5 Å². The molecule has 1 N–H and O–H groups in total. The lowest BCUT2D eigenvalue weighted by atomic mass is 10.3. The first-order valence-electron chi connectivity index (χ1n) is 8.61. The minimum absolute atomic E-state index is 0.0424. The highest BCUT2D eigenvalue weighted by Gasteiger charge is 2.17. The normalized spacial score (nSPS) is 11.4. The minimum atomic E-state index is -0.532. The van der Waals surface area contributed by atoms with Gasteiger partial charge in [-0.3, -0.25) is 9.20 Å². The van der Waals surface area contributed by atoms with Crippen molar-refractivity contribution < 1.29 is 13.6 Å². The molecule has 28 heavy (non-hydrogen) atoms. The molecule has 3 aromatic heterocycles. The Morgan fingerprint density at radius 1 is 1.29 bits per heavy atom. The summed E-state index contributed by atoms with van der Waals surface area (Å²) in [6.45, 7) is 3.91. The maximum Gasteiger partial charge on any atom is 0.234 e. The number of nitrogens with one attached hydrogen (secondary N) is 1. The number of hydrogen-bond donors (Lipinski definition) is 1. The molecule has 0 atom stereocenters. The summed E-state index contributed by atoms with van der Waals surface area (Å²) in [5.74, 6) is 0.982. The lowest BCUT2D eigenvalue weighted by molar-refractivity contribution is -0.113. The molecule has 4 aromatic rings. The van der Waals surface area contributed by atoms with Gasteiger partial charge >= 0.3 is 0 Å². The lowest BCUT2D eigenvalue weighted by Crippen LogP contribution is -2.14. The van der Waals surface area contributed by atoms with E-state index in [-0.39, 0.29) is 16.7 Å². The number of carbonyl (C=O) groups excluding carboxylic acids is 1. The van der Waals surface area contributed by atoms with E-state index in [0.717, 1.165) is 28.2 Å². The molecular weight excluding hydrogens is 403 g/mol. The van der Waals surface area contributed by atoms with Crippen molar-refractivity contribution in [2.24, 2.45) is 0 Å². The van der Waals surface area contributed by atoms with Gasteiger partial charge in [0, 0.05) is 24.2 Å². The third kappa shape index (κ3) is 3.45. The van der Waals surface area contributed by atoms with Gasteiger partial charge in [0.2, 0.25) is 5.91 Å². The minimum Gasteiger partial charge on any atom is -0.460 e. The molecule has 3 heterocycles. The predicted molar refractivity (Wildman–Crippen MR) is 108 cm³/mol. The highest BCUT2D eigenvalue weighted by atomic mass is 35.5. The van der Waals surface area contributed by atoms with Gasteiger partial charge in [0.25, 0.3) is 0 Å². The first kappa shape index (κ1) is 18.8. The molecule has 0 unspecified atom stereocenters. The number of halogens is 2. The van der Waals surface area contributed by atoms with Gasteiger partial charge in [-0.2, -0.15) is 0 Å². The Bertz CT molecular complexity index is 1200. The number of hydrogen-bond acceptors (Lipinski definition) is 5. The first-order valence-corrected chi connectivity index (χ1v) is 9.97. The Kier molecular flexibility index (Phi) is 4.99. The highest BCUT2D eigenvalue weighted by molar-refractivity contribution is 8.00. The van der Waals surface area contributed by atoms with Crippen molar-refractivity contribution in [3.63, 3.8) is 0 Å². The average molecular weight is 419 g/mol. The number of aromatic nitrogens is 3. The fourth-order valence-electron chi connectivity index (χ4n) is 2.99. The molecule has 0 radical (unpaired) electrons. The maximum atomic E-state index is 13.2. The van der Waals surface area contributed by atoms with E-state index in [1.165, 1.54) is 30.0 Å². The van der Waals surface area contributed by atoms with Crippen molar-refractivity contribution in [1.82, 2.24) is 14.6 Å². The number of anilines is 1. The largest absolute Gasteiger partial charge is 0.460 e. The number of rotatable bonds is 5. The van der Waals surface area contributed by atoms with Crippen LogP contribution in [0, 0.1) is 12.7 Å². The Labute approximate surface area is 169 Å². The van der Waals surface area contributed by atoms with Gasteiger partial charge in [0.1, 0.15) is 22.4 Å². The standard InChI is InChI=1S/C19H16ClFN4O2S/c1-3-17-23-24-19(15-8-16-14(25(15)17)6-10(2)27-16)28-9-18(26)22-11-4-5-13(21)12(20)7-11/h4-8H,3,9H2,1-2H3,(H,22,26). The van der Waals surface area contributed by atoms with Crippen LogP contribution >= 0.6 is 23.4 Å². The maximum absolute atomic E-state index is 13.2. The topological polar surface area (TPSA) is 72.4 Å². The molecule has 144 valence electrons. The number of benzene rings is 1. The van der Waals surface area contributed by atoms with E-state index < -0.39 is 5.82 Å². The first-order chi connectivity index (χ1) is 13.5. The van der Waals surface area contributed by atoms with Gasteiger partial charge in [-0.25, -0.2) is 4.39 Å². The van der Waals surface area contributed by atoms with Gasteiger partial charge in [0.05, 0.1) is 21.8 Å². The van der Waals surface area contributed by atoms with E-state index in [1.54, 1.807) is 0 Å².